The number of nitrogens with zero attached hydrogens (tertiary/aromatic N) is 3. The molecule has 5 heteroatoms. The fraction of sp³-hybridized carbons (Fsp3) is 0.500. The van der Waals surface area contributed by atoms with Gasteiger partial charge in [0.15, 0.2) is 0 Å². The molecule has 0 aromatic carbocycles. The first-order valence-electron chi connectivity index (χ1n) is 6.48. The highest BCUT2D eigenvalue weighted by molar-refractivity contribution is 5.88. The van der Waals surface area contributed by atoms with Crippen molar-refractivity contribution in [2.24, 2.45) is 0 Å². The van der Waals surface area contributed by atoms with E-state index in [1.807, 2.05) is 18.7 Å². The van der Waals surface area contributed by atoms with Crippen molar-refractivity contribution in [2.45, 2.75) is 33.1 Å². The molecule has 0 radical (unpaired) electrons. The van der Waals surface area contributed by atoms with Crippen LogP contribution in [0.3, 0.4) is 0 Å². The van der Waals surface area contributed by atoms with Crippen LogP contribution in [0.4, 0.5) is 5.82 Å². The highest BCUT2D eigenvalue weighted by Crippen LogP contribution is 2.16. The number of aromatic carboxylic acids is 1. The van der Waals surface area contributed by atoms with Gasteiger partial charge in [-0.1, -0.05) is 13.3 Å². The Bertz CT molecular complexity index is 480. The first kappa shape index (κ1) is 15.0. The molecule has 0 spiro atoms. The van der Waals surface area contributed by atoms with Gasteiger partial charge in [-0.3, -0.25) is 0 Å². The third-order valence-electron chi connectivity index (χ3n) is 2.82. The largest absolute Gasteiger partial charge is 0.478 e. The summed E-state index contributed by atoms with van der Waals surface area (Å²) in [7, 11) is 0. The topological polar surface area (TPSA) is 77.2 Å². The first-order valence-corrected chi connectivity index (χ1v) is 6.48. The van der Waals surface area contributed by atoms with Gasteiger partial charge in [0.2, 0.25) is 0 Å². The molecular formula is C14H19N3O2. The van der Waals surface area contributed by atoms with Gasteiger partial charge in [-0.2, -0.15) is 5.26 Å². The van der Waals surface area contributed by atoms with Gasteiger partial charge in [-0.15, -0.1) is 0 Å². The Morgan fingerprint density at radius 1 is 1.47 bits per heavy atom. The highest BCUT2D eigenvalue weighted by atomic mass is 16.4. The Hall–Kier alpha value is -2.09. The Morgan fingerprint density at radius 3 is 2.74 bits per heavy atom. The van der Waals surface area contributed by atoms with E-state index in [4.69, 9.17) is 10.4 Å². The summed E-state index contributed by atoms with van der Waals surface area (Å²) in [4.78, 5) is 17.5. The molecule has 0 saturated carbocycles. The molecule has 0 fully saturated rings. The van der Waals surface area contributed by atoms with Crippen molar-refractivity contribution >= 4 is 11.8 Å². The molecule has 0 aliphatic rings. The van der Waals surface area contributed by atoms with Gasteiger partial charge < -0.3 is 10.0 Å². The summed E-state index contributed by atoms with van der Waals surface area (Å²) < 4.78 is 0. The molecular weight excluding hydrogens is 242 g/mol. The second-order valence-electron chi connectivity index (χ2n) is 4.25. The summed E-state index contributed by atoms with van der Waals surface area (Å²) in [6, 6.07) is 5.28. The molecule has 0 atom stereocenters. The van der Waals surface area contributed by atoms with Gasteiger partial charge in [0.25, 0.3) is 0 Å². The van der Waals surface area contributed by atoms with E-state index in [1.165, 1.54) is 0 Å². The van der Waals surface area contributed by atoms with E-state index in [0.29, 0.717) is 25.3 Å². The van der Waals surface area contributed by atoms with Gasteiger partial charge in [-0.05, 0) is 25.5 Å². The van der Waals surface area contributed by atoms with Crippen LogP contribution in [0.5, 0.6) is 0 Å². The number of rotatable bonds is 7. The number of carbonyl (C=O) groups is 1. The van der Waals surface area contributed by atoms with Crippen molar-refractivity contribution in [2.75, 3.05) is 18.0 Å². The van der Waals surface area contributed by atoms with Crippen molar-refractivity contribution in [1.29, 1.82) is 5.26 Å². The quantitative estimate of drug-likeness (QED) is 0.815. The van der Waals surface area contributed by atoms with E-state index in [1.54, 1.807) is 12.1 Å². The minimum Gasteiger partial charge on any atom is -0.478 e. The first-order chi connectivity index (χ1) is 9.12. The van der Waals surface area contributed by atoms with Crippen molar-refractivity contribution in [3.63, 3.8) is 0 Å². The minimum absolute atomic E-state index is 0.254. The van der Waals surface area contributed by atoms with Crippen LogP contribution in [0.15, 0.2) is 12.1 Å². The normalized spacial score (nSPS) is 9.95. The van der Waals surface area contributed by atoms with Gasteiger partial charge in [0.1, 0.15) is 5.82 Å². The summed E-state index contributed by atoms with van der Waals surface area (Å²) in [5.74, 6) is -0.307. The zero-order valence-electron chi connectivity index (χ0n) is 11.4. The molecule has 0 bridgehead atoms. The maximum atomic E-state index is 11.1. The molecule has 102 valence electrons. The van der Waals surface area contributed by atoms with Crippen molar-refractivity contribution in [1.82, 2.24) is 4.98 Å². The Kier molecular flexibility index (Phi) is 5.80. The highest BCUT2D eigenvalue weighted by Gasteiger charge is 2.12. The summed E-state index contributed by atoms with van der Waals surface area (Å²) in [5, 5.41) is 17.8. The number of carboxylic acids is 1. The molecule has 0 aliphatic carbocycles. The van der Waals surface area contributed by atoms with Crippen LogP contribution in [0.25, 0.3) is 0 Å². The molecule has 0 aliphatic heterocycles. The molecule has 0 amide bonds. The lowest BCUT2D eigenvalue weighted by molar-refractivity contribution is 0.0696. The maximum Gasteiger partial charge on any atom is 0.335 e. The third kappa shape index (κ3) is 4.25. The summed E-state index contributed by atoms with van der Waals surface area (Å²) in [6.45, 7) is 5.26. The summed E-state index contributed by atoms with van der Waals surface area (Å²) >= 11 is 0. The Balaban J connectivity index is 3.09. The van der Waals surface area contributed by atoms with Crippen LogP contribution < -0.4 is 4.90 Å². The third-order valence-corrected chi connectivity index (χ3v) is 2.82. The predicted molar refractivity (Wildman–Crippen MR) is 73.3 cm³/mol. The van der Waals surface area contributed by atoms with Gasteiger partial charge >= 0.3 is 5.97 Å². The zero-order valence-corrected chi connectivity index (χ0v) is 11.4. The number of anilines is 1. The number of pyridine rings is 1. The van der Waals surface area contributed by atoms with Gasteiger partial charge in [-0.25, -0.2) is 9.78 Å². The lowest BCUT2D eigenvalue weighted by Crippen LogP contribution is -2.25. The predicted octanol–water partition coefficient (Wildman–Crippen LogP) is 2.47. The van der Waals surface area contributed by atoms with Crippen LogP contribution in [-0.2, 0) is 6.42 Å². The summed E-state index contributed by atoms with van der Waals surface area (Å²) in [5.41, 5.74) is 1.04. The lowest BCUT2D eigenvalue weighted by Gasteiger charge is -2.21. The SMILES string of the molecule is CCCc1cc(C(=O)O)cc(N(CC)CCC#N)n1. The standard InChI is InChI=1S/C14H19N3O2/c1-3-6-12-9-11(14(18)19)10-13(16-12)17(4-2)8-5-7-15/h9-10H,3-6,8H2,1-2H3,(H,18,19). The molecule has 0 saturated heterocycles. The summed E-state index contributed by atoms with van der Waals surface area (Å²) in [6.07, 6.45) is 2.07. The van der Waals surface area contributed by atoms with Crippen molar-refractivity contribution in [3.05, 3.63) is 23.4 Å². The van der Waals surface area contributed by atoms with Crippen LogP contribution in [-0.4, -0.2) is 29.1 Å². The molecule has 19 heavy (non-hydrogen) atoms. The molecule has 1 heterocycles. The van der Waals surface area contributed by atoms with Crippen LogP contribution in [0, 0.1) is 11.3 Å². The Labute approximate surface area is 113 Å². The van der Waals surface area contributed by atoms with E-state index >= 15 is 0 Å². The van der Waals surface area contributed by atoms with E-state index in [0.717, 1.165) is 18.5 Å². The van der Waals surface area contributed by atoms with Crippen molar-refractivity contribution < 1.29 is 9.90 Å². The number of hydrogen-bond donors (Lipinski definition) is 1. The van der Waals surface area contributed by atoms with E-state index in [9.17, 15) is 4.79 Å². The van der Waals surface area contributed by atoms with E-state index in [-0.39, 0.29) is 5.56 Å². The molecule has 1 aromatic heterocycles. The molecule has 1 aromatic rings. The average Bonchev–Trinajstić information content (AvgIpc) is 2.39. The Morgan fingerprint density at radius 2 is 2.21 bits per heavy atom. The number of hydrogen-bond acceptors (Lipinski definition) is 4. The number of carboxylic acid groups (broad SMARTS) is 1. The lowest BCUT2D eigenvalue weighted by atomic mass is 10.1. The van der Waals surface area contributed by atoms with E-state index in [2.05, 4.69) is 11.1 Å². The van der Waals surface area contributed by atoms with Crippen LogP contribution in [0.1, 0.15) is 42.7 Å². The second kappa shape index (κ2) is 7.37. The van der Waals surface area contributed by atoms with Gasteiger partial charge in [0, 0.05) is 18.8 Å². The smallest absolute Gasteiger partial charge is 0.335 e. The molecule has 1 rings (SSSR count). The number of aromatic nitrogens is 1. The van der Waals surface area contributed by atoms with Gasteiger partial charge in [0.05, 0.1) is 18.1 Å². The van der Waals surface area contributed by atoms with Crippen LogP contribution in [0.2, 0.25) is 0 Å². The fourth-order valence-electron chi connectivity index (χ4n) is 1.86. The van der Waals surface area contributed by atoms with Crippen LogP contribution >= 0.6 is 0 Å². The maximum absolute atomic E-state index is 11.1. The zero-order chi connectivity index (χ0) is 14.3. The molecule has 0 unspecified atom stereocenters. The monoisotopic (exact) mass is 261 g/mol. The van der Waals surface area contributed by atoms with Crippen molar-refractivity contribution in [3.8, 4) is 6.07 Å². The minimum atomic E-state index is -0.947. The van der Waals surface area contributed by atoms with E-state index < -0.39 is 5.97 Å². The fourth-order valence-corrected chi connectivity index (χ4v) is 1.86. The molecule has 5 nitrogen and oxygen atoms in total. The second-order valence-corrected chi connectivity index (χ2v) is 4.25. The molecule has 1 N–H and O–H groups in total. The number of nitriles is 1. The average molecular weight is 261 g/mol. The number of aryl methyl sites for hydroxylation is 1.